The molecule has 3 aromatic heterocycles. The van der Waals surface area contributed by atoms with Gasteiger partial charge in [0.1, 0.15) is 5.60 Å². The maximum atomic E-state index is 12.8. The molecule has 0 saturated heterocycles. The Morgan fingerprint density at radius 1 is 1.07 bits per heavy atom. The van der Waals surface area contributed by atoms with Crippen molar-refractivity contribution in [2.24, 2.45) is 0 Å². The van der Waals surface area contributed by atoms with Crippen LogP contribution < -0.4 is 11.1 Å². The van der Waals surface area contributed by atoms with E-state index >= 15 is 0 Å². The minimum atomic E-state index is -0.885. The standard InChI is InChI=1S/C32H34N6O3/c1-19-15-24-34-16-23-26(33)25(20-9-7-6-8-10-20)27(35-28(23)38(24)37-19)21-11-13-22(14-12-21)32(17-31(5,40)18-32)36-29(39)41-30(2,3)4/h6-16,40H,17-18H2,1-5H3,(H2,33,35)(H,36,39)/t31-,32-. The lowest BCUT2D eigenvalue weighted by Gasteiger charge is -2.52. The van der Waals surface area contributed by atoms with Crippen molar-refractivity contribution in [1.82, 2.24) is 24.9 Å². The summed E-state index contributed by atoms with van der Waals surface area (Å²) in [5.41, 5.74) is 11.5. The number of nitrogens with two attached hydrogens (primary N) is 1. The molecule has 6 rings (SSSR count). The molecule has 0 radical (unpaired) electrons. The SMILES string of the molecule is Cc1cc2ncc3c(N)c(-c4ccccc4)c(-c4ccc([C@]5(NC(=O)OC(C)(C)C)C[C@](C)(O)C5)cc4)nc3n2n1. The van der Waals surface area contributed by atoms with E-state index in [0.717, 1.165) is 33.3 Å². The molecule has 9 heteroatoms. The molecular weight excluding hydrogens is 516 g/mol. The summed E-state index contributed by atoms with van der Waals surface area (Å²) in [5.74, 6) is 0. The van der Waals surface area contributed by atoms with E-state index in [1.807, 2.05) is 88.4 Å². The number of nitrogens with one attached hydrogen (secondary N) is 1. The lowest BCUT2D eigenvalue weighted by Crippen LogP contribution is -2.62. The fourth-order valence-corrected chi connectivity index (χ4v) is 5.92. The average molecular weight is 551 g/mol. The number of alkyl carbamates (subject to hydrolysis) is 1. The molecule has 0 aliphatic heterocycles. The predicted molar refractivity (Wildman–Crippen MR) is 159 cm³/mol. The van der Waals surface area contributed by atoms with Gasteiger partial charge in [-0.1, -0.05) is 54.6 Å². The summed E-state index contributed by atoms with van der Waals surface area (Å²) in [6, 6.07) is 19.7. The Morgan fingerprint density at radius 2 is 1.76 bits per heavy atom. The van der Waals surface area contributed by atoms with E-state index in [2.05, 4.69) is 15.4 Å². The van der Waals surface area contributed by atoms with Gasteiger partial charge in [0, 0.05) is 36.2 Å². The Labute approximate surface area is 238 Å². The van der Waals surface area contributed by atoms with Gasteiger partial charge in [-0.15, -0.1) is 0 Å². The van der Waals surface area contributed by atoms with Crippen molar-refractivity contribution in [3.63, 3.8) is 0 Å². The quantitative estimate of drug-likeness (QED) is 0.259. The van der Waals surface area contributed by atoms with Crippen LogP contribution in [-0.2, 0) is 10.3 Å². The number of benzene rings is 2. The van der Waals surface area contributed by atoms with Crippen molar-refractivity contribution in [3.05, 3.63) is 78.1 Å². The number of amides is 1. The highest BCUT2D eigenvalue weighted by Crippen LogP contribution is 2.49. The normalized spacial score (nSPS) is 20.6. The highest BCUT2D eigenvalue weighted by atomic mass is 16.6. The highest BCUT2D eigenvalue weighted by molar-refractivity contribution is 6.02. The molecule has 0 unspecified atom stereocenters. The zero-order valence-electron chi connectivity index (χ0n) is 23.9. The fourth-order valence-electron chi connectivity index (χ4n) is 5.92. The molecule has 0 bridgehead atoms. The number of ether oxygens (including phenoxy) is 1. The number of nitrogens with zero attached hydrogens (tertiary/aromatic N) is 4. The second-order valence-electron chi connectivity index (χ2n) is 12.3. The van der Waals surface area contributed by atoms with Crippen molar-refractivity contribution in [3.8, 4) is 22.4 Å². The van der Waals surface area contributed by atoms with Gasteiger partial charge in [0.25, 0.3) is 0 Å². The first-order valence-corrected chi connectivity index (χ1v) is 13.7. The largest absolute Gasteiger partial charge is 0.444 e. The Balaban J connectivity index is 1.47. The maximum absolute atomic E-state index is 12.8. The summed E-state index contributed by atoms with van der Waals surface area (Å²) in [6.45, 7) is 9.17. The molecule has 2 aromatic carbocycles. The van der Waals surface area contributed by atoms with Gasteiger partial charge in [-0.25, -0.2) is 14.8 Å². The molecule has 1 aliphatic rings. The molecule has 1 amide bonds. The monoisotopic (exact) mass is 550 g/mol. The van der Waals surface area contributed by atoms with Gasteiger partial charge in [0.05, 0.1) is 33.6 Å². The molecule has 0 spiro atoms. The lowest BCUT2D eigenvalue weighted by molar-refractivity contribution is -0.0892. The molecule has 1 fully saturated rings. The van der Waals surface area contributed by atoms with Gasteiger partial charge in [-0.3, -0.25) is 0 Å². The number of nitrogen functional groups attached to an aromatic ring is 1. The Kier molecular flexibility index (Phi) is 6.04. The van der Waals surface area contributed by atoms with E-state index in [-0.39, 0.29) is 0 Å². The van der Waals surface area contributed by atoms with E-state index in [1.165, 1.54) is 0 Å². The van der Waals surface area contributed by atoms with Crippen LogP contribution in [-0.4, -0.2) is 42.0 Å². The second-order valence-corrected chi connectivity index (χ2v) is 12.3. The van der Waals surface area contributed by atoms with Gasteiger partial charge in [0.15, 0.2) is 11.3 Å². The number of aryl methyl sites for hydroxylation is 1. The number of pyridine rings is 1. The van der Waals surface area contributed by atoms with Crippen molar-refractivity contribution >= 4 is 28.5 Å². The number of carbonyl (C=O) groups is 1. The van der Waals surface area contributed by atoms with Crippen molar-refractivity contribution < 1.29 is 14.6 Å². The van der Waals surface area contributed by atoms with Crippen LogP contribution in [0.2, 0.25) is 0 Å². The summed E-state index contributed by atoms with van der Waals surface area (Å²) >= 11 is 0. The maximum Gasteiger partial charge on any atom is 0.408 e. The van der Waals surface area contributed by atoms with Crippen molar-refractivity contribution in [2.45, 2.75) is 64.2 Å². The van der Waals surface area contributed by atoms with E-state index in [9.17, 15) is 9.90 Å². The Bertz CT molecular complexity index is 1780. The Hall–Kier alpha value is -4.50. The third-order valence-electron chi connectivity index (χ3n) is 7.47. The van der Waals surface area contributed by atoms with Crippen LogP contribution in [0.3, 0.4) is 0 Å². The number of carbonyl (C=O) groups excluding carboxylic acids is 1. The number of anilines is 1. The summed E-state index contributed by atoms with van der Waals surface area (Å²) in [7, 11) is 0. The van der Waals surface area contributed by atoms with Gasteiger partial charge in [0.2, 0.25) is 0 Å². The molecule has 5 aromatic rings. The molecule has 1 saturated carbocycles. The molecule has 41 heavy (non-hydrogen) atoms. The van der Waals surface area contributed by atoms with Crippen LogP contribution in [0.5, 0.6) is 0 Å². The van der Waals surface area contributed by atoms with Crippen LogP contribution in [0.1, 0.15) is 51.8 Å². The average Bonchev–Trinajstić information content (AvgIpc) is 3.27. The van der Waals surface area contributed by atoms with E-state index in [0.29, 0.717) is 35.5 Å². The van der Waals surface area contributed by atoms with Crippen LogP contribution in [0.4, 0.5) is 10.5 Å². The lowest BCUT2D eigenvalue weighted by atomic mass is 9.62. The zero-order valence-corrected chi connectivity index (χ0v) is 23.9. The summed E-state index contributed by atoms with van der Waals surface area (Å²) in [6.07, 6.45) is 1.99. The Morgan fingerprint density at radius 3 is 2.39 bits per heavy atom. The second kappa shape index (κ2) is 9.27. The van der Waals surface area contributed by atoms with Gasteiger partial charge < -0.3 is 20.9 Å². The third-order valence-corrected chi connectivity index (χ3v) is 7.47. The fraction of sp³-hybridized carbons (Fsp3) is 0.312. The smallest absolute Gasteiger partial charge is 0.408 e. The van der Waals surface area contributed by atoms with Crippen molar-refractivity contribution in [2.75, 3.05) is 5.73 Å². The number of rotatable bonds is 4. The number of aromatic nitrogens is 4. The van der Waals surface area contributed by atoms with Gasteiger partial charge >= 0.3 is 6.09 Å². The molecular formula is C32H34N6O3. The van der Waals surface area contributed by atoms with Gasteiger partial charge in [-0.05, 0) is 45.7 Å². The molecule has 4 N–H and O–H groups in total. The van der Waals surface area contributed by atoms with Crippen LogP contribution in [0.15, 0.2) is 66.9 Å². The van der Waals surface area contributed by atoms with Crippen LogP contribution >= 0.6 is 0 Å². The van der Waals surface area contributed by atoms with E-state index in [1.54, 1.807) is 17.6 Å². The van der Waals surface area contributed by atoms with E-state index < -0.39 is 22.8 Å². The number of hydrogen-bond acceptors (Lipinski definition) is 7. The molecule has 9 nitrogen and oxygen atoms in total. The topological polar surface area (TPSA) is 128 Å². The summed E-state index contributed by atoms with van der Waals surface area (Å²) in [4.78, 5) is 22.4. The molecule has 210 valence electrons. The molecule has 0 atom stereocenters. The van der Waals surface area contributed by atoms with Crippen molar-refractivity contribution in [1.29, 1.82) is 0 Å². The first-order chi connectivity index (χ1) is 19.3. The third kappa shape index (κ3) is 4.86. The molecule has 1 aliphatic carbocycles. The van der Waals surface area contributed by atoms with Gasteiger partial charge in [-0.2, -0.15) is 9.61 Å². The summed E-state index contributed by atoms with van der Waals surface area (Å²) < 4.78 is 7.26. The zero-order chi connectivity index (χ0) is 29.2. The number of fused-ring (bicyclic) bond motifs is 3. The summed E-state index contributed by atoms with van der Waals surface area (Å²) in [5, 5.41) is 19.0. The van der Waals surface area contributed by atoms with Crippen LogP contribution in [0, 0.1) is 6.92 Å². The number of aliphatic hydroxyl groups is 1. The first-order valence-electron chi connectivity index (χ1n) is 13.7. The molecule has 3 heterocycles. The number of hydrogen-bond donors (Lipinski definition) is 3. The highest BCUT2D eigenvalue weighted by Gasteiger charge is 2.53. The van der Waals surface area contributed by atoms with E-state index in [4.69, 9.17) is 15.5 Å². The van der Waals surface area contributed by atoms with Crippen LogP contribution in [0.25, 0.3) is 39.1 Å². The minimum Gasteiger partial charge on any atom is -0.444 e. The predicted octanol–water partition coefficient (Wildman–Crippen LogP) is 5.77. The first kappa shape index (κ1) is 26.7. The minimum absolute atomic E-state index is 0.374.